The molecule has 1 rings (SSSR count). The van der Waals surface area contributed by atoms with Crippen LogP contribution in [0.25, 0.3) is 0 Å². The van der Waals surface area contributed by atoms with Gasteiger partial charge >= 0.3 is 11.9 Å². The molecule has 0 aromatic heterocycles. The second kappa shape index (κ2) is 21.1. The summed E-state index contributed by atoms with van der Waals surface area (Å²) in [4.78, 5) is 26.4. The quantitative estimate of drug-likeness (QED) is 0.0682. The molecule has 0 fully saturated rings. The predicted octanol–water partition coefficient (Wildman–Crippen LogP) is 8.94. The van der Waals surface area contributed by atoms with Gasteiger partial charge in [-0.1, -0.05) is 83.7 Å². The molecular weight excluding hydrogens is 548 g/mol. The summed E-state index contributed by atoms with van der Waals surface area (Å²) in [6, 6.07) is 10.4. The summed E-state index contributed by atoms with van der Waals surface area (Å²) < 4.78 is 12.7. The van der Waals surface area contributed by atoms with Crippen molar-refractivity contribution in [3.63, 3.8) is 0 Å². The van der Waals surface area contributed by atoms with Crippen LogP contribution in [0.5, 0.6) is 0 Å². The molecule has 44 heavy (non-hydrogen) atoms. The number of allylic oxidation sites excluding steroid dienone is 8. The molecule has 0 aliphatic heterocycles. The first-order valence-corrected chi connectivity index (χ1v) is 16.1. The fourth-order valence-electron chi connectivity index (χ4n) is 4.94. The second-order valence-corrected chi connectivity index (χ2v) is 11.9. The first-order valence-electron chi connectivity index (χ1n) is 16.1. The first kappa shape index (κ1) is 38.4. The molecule has 0 unspecified atom stereocenters. The fraction of sp³-hybridized carbons (Fsp3) is 0.500. The zero-order chi connectivity index (χ0) is 33.0. The van der Waals surface area contributed by atoms with Crippen LogP contribution in [-0.2, 0) is 19.1 Å². The van der Waals surface area contributed by atoms with Crippen molar-refractivity contribution in [3.05, 3.63) is 90.8 Å². The Labute approximate surface area is 267 Å². The Kier molecular flexibility index (Phi) is 18.4. The molecule has 0 saturated heterocycles. The summed E-state index contributed by atoms with van der Waals surface area (Å²) in [5.41, 5.74) is 4.41. The number of ether oxygens (including phenoxy) is 2. The Morgan fingerprint density at radius 3 is 2.11 bits per heavy atom. The maximum Gasteiger partial charge on any atom is 0.306 e. The van der Waals surface area contributed by atoms with Crippen molar-refractivity contribution in [1.82, 2.24) is 4.90 Å². The number of benzene rings is 1. The van der Waals surface area contributed by atoms with Gasteiger partial charge in [0.15, 0.2) is 5.71 Å². The molecule has 0 spiro atoms. The van der Waals surface area contributed by atoms with Crippen molar-refractivity contribution >= 4 is 23.3 Å². The topological polar surface area (TPSA) is 58.9 Å². The van der Waals surface area contributed by atoms with E-state index in [0.29, 0.717) is 51.4 Å². The number of hydrogen-bond donors (Lipinski definition) is 0. The zero-order valence-electron chi connectivity index (χ0n) is 28.6. The van der Waals surface area contributed by atoms with Gasteiger partial charge in [0.1, 0.15) is 6.54 Å². The molecule has 0 atom stereocenters. The average Bonchev–Trinajstić information content (AvgIpc) is 2.96. The van der Waals surface area contributed by atoms with Crippen LogP contribution in [0.3, 0.4) is 0 Å². The summed E-state index contributed by atoms with van der Waals surface area (Å²) in [5.74, 6) is -0.0124. The molecule has 0 radical (unpaired) electrons. The highest BCUT2D eigenvalue weighted by molar-refractivity contribution is 5.84. The Balaban J connectivity index is 3.46. The molecular formula is C38H57N2O4+. The third-order valence-electron chi connectivity index (χ3n) is 6.93. The predicted molar refractivity (Wildman–Crippen MR) is 184 cm³/mol. The molecule has 0 saturated carbocycles. The van der Waals surface area contributed by atoms with Crippen LogP contribution in [0, 0.1) is 11.3 Å². The monoisotopic (exact) mass is 605 g/mol. The van der Waals surface area contributed by atoms with Crippen LogP contribution in [0.2, 0.25) is 0 Å². The van der Waals surface area contributed by atoms with E-state index in [1.54, 1.807) is 6.08 Å². The standard InChI is InChI=1S/C38H57N2O4/c1-10-21-32(22-11-2)40(30-20-28-37(42)44-13-4)35(38(7,8)9)26-18-17-25-34(31(5)6)39(33-23-15-14-16-24-33)29-19-27-36(41)43-12-3/h10-11,14-18,21-24,26,31H,1,12-13,19-20,25,27-30H2,2-9H3/q+1/b18-17?,22-11-,32-21+,35-26+,39-34?. The second-order valence-electron chi connectivity index (χ2n) is 11.9. The lowest BCUT2D eigenvalue weighted by atomic mass is 9.89. The van der Waals surface area contributed by atoms with E-state index in [0.717, 1.165) is 30.0 Å². The minimum absolute atomic E-state index is 0.152. The highest BCUT2D eigenvalue weighted by atomic mass is 16.5. The molecule has 1 aromatic rings. The number of esters is 2. The maximum absolute atomic E-state index is 12.1. The van der Waals surface area contributed by atoms with Crippen LogP contribution in [0.15, 0.2) is 90.8 Å². The van der Waals surface area contributed by atoms with E-state index >= 15 is 0 Å². The van der Waals surface area contributed by atoms with Gasteiger partial charge in [-0.05, 0) is 45.4 Å². The fourth-order valence-corrected chi connectivity index (χ4v) is 4.94. The van der Waals surface area contributed by atoms with Crippen molar-refractivity contribution in [3.8, 4) is 0 Å². The van der Waals surface area contributed by atoms with Crippen LogP contribution >= 0.6 is 0 Å². The van der Waals surface area contributed by atoms with Gasteiger partial charge in [0.2, 0.25) is 5.69 Å². The number of carbonyl (C=O) groups excluding carboxylic acids is 2. The highest BCUT2D eigenvalue weighted by Gasteiger charge is 2.25. The van der Waals surface area contributed by atoms with E-state index in [9.17, 15) is 9.59 Å². The summed E-state index contributed by atoms with van der Waals surface area (Å²) in [6.45, 7) is 22.9. The van der Waals surface area contributed by atoms with Gasteiger partial charge in [-0.3, -0.25) is 9.59 Å². The molecule has 0 bridgehead atoms. The van der Waals surface area contributed by atoms with Crippen LogP contribution in [-0.4, -0.2) is 53.4 Å². The van der Waals surface area contributed by atoms with Crippen molar-refractivity contribution < 1.29 is 23.6 Å². The van der Waals surface area contributed by atoms with E-state index in [4.69, 9.17) is 9.47 Å². The highest BCUT2D eigenvalue weighted by Crippen LogP contribution is 2.32. The molecule has 6 heteroatoms. The number of nitrogens with zero attached hydrogens (tertiary/aromatic N) is 2. The first-order chi connectivity index (χ1) is 21.0. The smallest absolute Gasteiger partial charge is 0.306 e. The maximum atomic E-state index is 12.1. The normalized spacial score (nSPS) is 13.4. The lowest BCUT2D eigenvalue weighted by Gasteiger charge is -2.36. The van der Waals surface area contributed by atoms with E-state index < -0.39 is 0 Å². The molecule has 0 amide bonds. The van der Waals surface area contributed by atoms with Gasteiger partial charge in [-0.15, -0.1) is 0 Å². The van der Waals surface area contributed by atoms with Crippen molar-refractivity contribution in [2.75, 3.05) is 26.3 Å². The Bertz CT molecular complexity index is 1180. The lowest BCUT2D eigenvalue weighted by Crippen LogP contribution is -2.30. The van der Waals surface area contributed by atoms with E-state index in [1.165, 1.54) is 5.71 Å². The van der Waals surface area contributed by atoms with Crippen LogP contribution < -0.4 is 0 Å². The zero-order valence-corrected chi connectivity index (χ0v) is 28.6. The Morgan fingerprint density at radius 2 is 1.59 bits per heavy atom. The molecule has 242 valence electrons. The Morgan fingerprint density at radius 1 is 0.977 bits per heavy atom. The van der Waals surface area contributed by atoms with Gasteiger partial charge in [-0.25, -0.2) is 0 Å². The van der Waals surface area contributed by atoms with Gasteiger partial charge in [0, 0.05) is 60.7 Å². The van der Waals surface area contributed by atoms with E-state index in [1.807, 2.05) is 39.0 Å². The molecule has 0 aliphatic rings. The van der Waals surface area contributed by atoms with E-state index in [2.05, 4.69) is 99.2 Å². The van der Waals surface area contributed by atoms with Crippen molar-refractivity contribution in [2.24, 2.45) is 11.3 Å². The molecule has 0 heterocycles. The van der Waals surface area contributed by atoms with Crippen molar-refractivity contribution in [1.29, 1.82) is 0 Å². The largest absolute Gasteiger partial charge is 0.466 e. The van der Waals surface area contributed by atoms with Crippen LogP contribution in [0.1, 0.15) is 87.5 Å². The number of para-hydroxylation sites is 1. The van der Waals surface area contributed by atoms with Crippen LogP contribution in [0.4, 0.5) is 5.69 Å². The summed E-state index contributed by atoms with van der Waals surface area (Å²) in [6.07, 6.45) is 17.4. The van der Waals surface area contributed by atoms with Crippen molar-refractivity contribution in [2.45, 2.75) is 87.5 Å². The minimum atomic E-state index is -0.170. The summed E-state index contributed by atoms with van der Waals surface area (Å²) in [7, 11) is 0. The number of carbonyl (C=O) groups is 2. The number of rotatable bonds is 19. The molecule has 0 aliphatic carbocycles. The van der Waals surface area contributed by atoms with Gasteiger partial charge in [-0.2, -0.15) is 4.58 Å². The summed E-state index contributed by atoms with van der Waals surface area (Å²) in [5, 5.41) is 0. The molecule has 0 N–H and O–H groups in total. The third-order valence-corrected chi connectivity index (χ3v) is 6.93. The lowest BCUT2D eigenvalue weighted by molar-refractivity contribution is -0.445. The molecule has 1 aromatic carbocycles. The van der Waals surface area contributed by atoms with Gasteiger partial charge in [0.05, 0.1) is 19.6 Å². The molecule has 6 nitrogen and oxygen atoms in total. The Hall–Kier alpha value is -3.67. The van der Waals surface area contributed by atoms with E-state index in [-0.39, 0.29) is 17.4 Å². The average molecular weight is 606 g/mol. The number of hydrogen-bond acceptors (Lipinski definition) is 5. The minimum Gasteiger partial charge on any atom is -0.466 e. The SMILES string of the molecule is C=C/C=C(\C=C/C)N(CCCC(=O)OCC)/C(=C/C=CCC(C(C)C)=[N+](CCCC(=O)OCC)c1ccccc1)C(C)(C)C. The van der Waals surface area contributed by atoms with Gasteiger partial charge in [0.25, 0.3) is 0 Å². The summed E-state index contributed by atoms with van der Waals surface area (Å²) >= 11 is 0. The van der Waals surface area contributed by atoms with Gasteiger partial charge < -0.3 is 14.4 Å². The third kappa shape index (κ3) is 14.2.